The number of halogens is 2. The minimum atomic E-state index is -2.70. The van der Waals surface area contributed by atoms with Crippen LogP contribution in [0.15, 0.2) is 60.7 Å². The number of rotatable bonds is 6. The van der Waals surface area contributed by atoms with Crippen molar-refractivity contribution >= 4 is 53.2 Å². The summed E-state index contributed by atoms with van der Waals surface area (Å²) in [6.07, 6.45) is 0. The summed E-state index contributed by atoms with van der Waals surface area (Å²) in [7, 11) is 0. The molecule has 124 valence electrons. The zero-order chi connectivity index (χ0) is 16.7. The average molecular weight is 542 g/mol. The molecule has 0 fully saturated rings. The van der Waals surface area contributed by atoms with E-state index < -0.39 is 53.2 Å². The van der Waals surface area contributed by atoms with E-state index in [1.54, 1.807) is 0 Å². The van der Waals surface area contributed by atoms with E-state index >= 15 is 0 Å². The van der Waals surface area contributed by atoms with Crippen LogP contribution in [0.4, 0.5) is 0 Å². The fourth-order valence-corrected chi connectivity index (χ4v) is 11.2. The van der Waals surface area contributed by atoms with E-state index in [1.165, 1.54) is 13.8 Å². The van der Waals surface area contributed by atoms with Crippen LogP contribution in [0.1, 0.15) is 13.8 Å². The van der Waals surface area contributed by atoms with Crippen LogP contribution in [0.2, 0.25) is 0 Å². The summed E-state index contributed by atoms with van der Waals surface area (Å²) < 4.78 is 18.6. The van der Waals surface area contributed by atoms with Crippen molar-refractivity contribution in [2.75, 3.05) is 0 Å². The number of hydrogen-bond donors (Lipinski definition) is 0. The van der Waals surface area contributed by atoms with Gasteiger partial charge in [0.15, 0.2) is 0 Å². The summed E-state index contributed by atoms with van der Waals surface area (Å²) in [6, 6.07) is 18.7. The zero-order valence-corrected chi connectivity index (χ0v) is 16.9. The first-order valence-electron chi connectivity index (χ1n) is 6.63. The second kappa shape index (κ2) is 9.18. The van der Waals surface area contributed by atoms with Gasteiger partial charge in [-0.25, -0.2) is 0 Å². The molecule has 23 heavy (non-hydrogen) atoms. The standard InChI is InChI=1S/C16H16I2O5/c1-13(19)21-17(15-9-5-3-6-10-15)23-18(22-14(2)20)16-11-7-4-8-12-16/h3-12H,1-2H3. The van der Waals surface area contributed by atoms with Crippen molar-refractivity contribution in [3.63, 3.8) is 0 Å². The van der Waals surface area contributed by atoms with Crippen molar-refractivity contribution < 1.29 is 17.1 Å². The molecular weight excluding hydrogens is 526 g/mol. The fourth-order valence-electron chi connectivity index (χ4n) is 1.46. The van der Waals surface area contributed by atoms with Crippen LogP contribution in [0, 0.1) is 7.14 Å². The van der Waals surface area contributed by atoms with E-state index in [-0.39, 0.29) is 0 Å². The molecule has 0 radical (unpaired) electrons. The van der Waals surface area contributed by atoms with Gasteiger partial charge in [-0.3, -0.25) is 0 Å². The Morgan fingerprint density at radius 1 is 0.696 bits per heavy atom. The topological polar surface area (TPSA) is 61.8 Å². The molecular formula is C16H16I2O5. The van der Waals surface area contributed by atoms with Crippen LogP contribution >= 0.6 is 41.3 Å². The molecule has 2 aromatic carbocycles. The van der Waals surface area contributed by atoms with Crippen molar-refractivity contribution in [3.8, 4) is 0 Å². The Balaban J connectivity index is 2.26. The molecule has 2 rings (SSSR count). The van der Waals surface area contributed by atoms with Gasteiger partial charge in [0.25, 0.3) is 0 Å². The van der Waals surface area contributed by atoms with Crippen LogP contribution in [-0.2, 0) is 17.1 Å². The Bertz CT molecular complexity index is 591. The molecule has 5 nitrogen and oxygen atoms in total. The predicted octanol–water partition coefficient (Wildman–Crippen LogP) is 4.54. The molecule has 0 saturated carbocycles. The Morgan fingerprint density at radius 2 is 1.04 bits per heavy atom. The second-order valence-electron chi connectivity index (χ2n) is 4.22. The summed E-state index contributed by atoms with van der Waals surface area (Å²) in [5.74, 6) is -0.795. The number of benzene rings is 2. The van der Waals surface area contributed by atoms with Crippen LogP contribution < -0.4 is 0 Å². The van der Waals surface area contributed by atoms with Gasteiger partial charge in [-0.15, -0.1) is 0 Å². The van der Waals surface area contributed by atoms with Crippen molar-refractivity contribution in [1.82, 2.24) is 0 Å². The molecule has 0 N–H and O–H groups in total. The van der Waals surface area contributed by atoms with E-state index in [1.807, 2.05) is 60.7 Å². The minimum absolute atomic E-state index is 0.397. The van der Waals surface area contributed by atoms with Crippen LogP contribution in [-0.4, -0.2) is 11.9 Å². The molecule has 0 spiro atoms. The predicted molar refractivity (Wildman–Crippen MR) is 103 cm³/mol. The number of hydrogen-bond acceptors (Lipinski definition) is 5. The molecule has 0 aliphatic rings. The van der Waals surface area contributed by atoms with E-state index in [4.69, 9.17) is 7.53 Å². The van der Waals surface area contributed by atoms with Crippen molar-refractivity contribution in [2.45, 2.75) is 13.8 Å². The maximum absolute atomic E-state index is 11.4. The molecule has 7 heteroatoms. The van der Waals surface area contributed by atoms with Crippen molar-refractivity contribution in [1.29, 1.82) is 0 Å². The molecule has 0 heterocycles. The summed E-state index contributed by atoms with van der Waals surface area (Å²) >= 11 is -5.39. The van der Waals surface area contributed by atoms with Crippen LogP contribution in [0.25, 0.3) is 0 Å². The van der Waals surface area contributed by atoms with Gasteiger partial charge in [0.2, 0.25) is 0 Å². The Labute approximate surface area is 151 Å². The van der Waals surface area contributed by atoms with Crippen molar-refractivity contribution in [3.05, 3.63) is 67.8 Å². The van der Waals surface area contributed by atoms with Gasteiger partial charge >= 0.3 is 152 Å². The molecule has 0 bridgehead atoms. The Morgan fingerprint density at radius 3 is 1.35 bits per heavy atom. The SMILES string of the molecule is CC(=O)OI(OI(OC(C)=O)c1ccccc1)c1ccccc1. The van der Waals surface area contributed by atoms with Gasteiger partial charge in [-0.1, -0.05) is 0 Å². The van der Waals surface area contributed by atoms with E-state index in [9.17, 15) is 9.59 Å². The third-order valence-electron chi connectivity index (χ3n) is 2.29. The first-order chi connectivity index (χ1) is 11.1. The molecule has 0 aliphatic carbocycles. The summed E-state index contributed by atoms with van der Waals surface area (Å²) in [5, 5.41) is 0. The molecule has 2 aromatic rings. The summed E-state index contributed by atoms with van der Waals surface area (Å²) in [4.78, 5) is 22.8. The Hall–Kier alpha value is -1.20. The monoisotopic (exact) mass is 542 g/mol. The van der Waals surface area contributed by atoms with Gasteiger partial charge in [0.05, 0.1) is 0 Å². The van der Waals surface area contributed by atoms with Gasteiger partial charge < -0.3 is 0 Å². The molecule has 0 amide bonds. The third kappa shape index (κ3) is 6.07. The second-order valence-corrected chi connectivity index (χ2v) is 12.6. The molecule has 0 aliphatic heterocycles. The molecule has 0 unspecified atom stereocenters. The first-order valence-corrected chi connectivity index (χ1v) is 12.3. The zero-order valence-electron chi connectivity index (χ0n) is 12.6. The van der Waals surface area contributed by atoms with E-state index in [0.717, 1.165) is 7.14 Å². The fraction of sp³-hybridized carbons (Fsp3) is 0.125. The van der Waals surface area contributed by atoms with Crippen molar-refractivity contribution in [2.24, 2.45) is 0 Å². The van der Waals surface area contributed by atoms with Gasteiger partial charge in [0.1, 0.15) is 0 Å². The normalized spacial score (nSPS) is 11.4. The Kier molecular flexibility index (Phi) is 7.24. The molecule has 0 saturated heterocycles. The van der Waals surface area contributed by atoms with E-state index in [2.05, 4.69) is 0 Å². The quantitative estimate of drug-likeness (QED) is 0.502. The average Bonchev–Trinajstić information content (AvgIpc) is 2.54. The van der Waals surface area contributed by atoms with E-state index in [0.29, 0.717) is 0 Å². The number of carbonyl (C=O) groups excluding carboxylic acids is 2. The number of carbonyl (C=O) groups is 2. The molecule has 0 aromatic heterocycles. The van der Waals surface area contributed by atoms with Gasteiger partial charge in [0, 0.05) is 0 Å². The van der Waals surface area contributed by atoms with Gasteiger partial charge in [-0.2, -0.15) is 0 Å². The van der Waals surface area contributed by atoms with Crippen LogP contribution in [0.3, 0.4) is 0 Å². The first kappa shape index (κ1) is 18.1. The summed E-state index contributed by atoms with van der Waals surface area (Å²) in [6.45, 7) is 2.70. The molecule has 0 atom stereocenters. The third-order valence-corrected chi connectivity index (χ3v) is 12.5. The maximum atomic E-state index is 11.4. The van der Waals surface area contributed by atoms with Gasteiger partial charge in [-0.05, 0) is 0 Å². The summed E-state index contributed by atoms with van der Waals surface area (Å²) in [5.41, 5.74) is 0. The van der Waals surface area contributed by atoms with Crippen LogP contribution in [0.5, 0.6) is 0 Å².